The van der Waals surface area contributed by atoms with Crippen LogP contribution in [0.1, 0.15) is 40.4 Å². The highest BCUT2D eigenvalue weighted by Crippen LogP contribution is 2.52. The Bertz CT molecular complexity index is 1050. The van der Waals surface area contributed by atoms with Gasteiger partial charge in [-0.3, -0.25) is 9.59 Å². The summed E-state index contributed by atoms with van der Waals surface area (Å²) in [6.45, 7) is 5.46. The van der Waals surface area contributed by atoms with Gasteiger partial charge in [0.15, 0.2) is 0 Å². The van der Waals surface area contributed by atoms with Gasteiger partial charge in [-0.25, -0.2) is 0 Å². The number of carbonyl (C=O) groups is 2. The number of hydrogen-bond donors (Lipinski definition) is 1. The van der Waals surface area contributed by atoms with Crippen molar-refractivity contribution < 1.29 is 19.1 Å². The average Bonchev–Trinajstić information content (AvgIpc) is 3.11. The van der Waals surface area contributed by atoms with Crippen molar-refractivity contribution >= 4 is 23.6 Å². The fraction of sp³-hybridized carbons (Fsp3) is 0.407. The number of likely N-dealkylation sites (tertiary alicyclic amines) is 1. The molecule has 1 N–H and O–H groups in total. The van der Waals surface area contributed by atoms with Gasteiger partial charge in [0.2, 0.25) is 5.91 Å². The van der Waals surface area contributed by atoms with Crippen molar-refractivity contribution in [1.29, 1.82) is 0 Å². The zero-order chi connectivity index (χ0) is 24.1. The Kier molecular flexibility index (Phi) is 7.76. The highest BCUT2D eigenvalue weighted by molar-refractivity contribution is 7.98. The number of nitrogens with one attached hydrogen (secondary N) is 1. The molecule has 180 valence electrons. The molecule has 7 heteroatoms. The number of amides is 2. The third-order valence-corrected chi connectivity index (χ3v) is 7.74. The Hall–Kier alpha value is -2.61. The topological polar surface area (TPSA) is 67.9 Å². The maximum absolute atomic E-state index is 13.4. The van der Waals surface area contributed by atoms with Gasteiger partial charge in [-0.05, 0) is 42.4 Å². The first-order chi connectivity index (χ1) is 16.6. The quantitative estimate of drug-likeness (QED) is 0.457. The molecule has 0 bridgehead atoms. The van der Waals surface area contributed by atoms with Crippen LogP contribution in [0.3, 0.4) is 0 Å². The largest absolute Gasteiger partial charge is 0.375 e. The van der Waals surface area contributed by atoms with E-state index in [1.807, 2.05) is 47.6 Å². The van der Waals surface area contributed by atoms with Crippen LogP contribution >= 0.6 is 11.8 Å². The molecule has 6 nitrogen and oxygen atoms in total. The van der Waals surface area contributed by atoms with Crippen LogP contribution in [-0.4, -0.2) is 62.5 Å². The summed E-state index contributed by atoms with van der Waals surface area (Å²) in [4.78, 5) is 28.8. The predicted octanol–water partition coefficient (Wildman–Crippen LogP) is 3.97. The maximum atomic E-state index is 13.4. The lowest BCUT2D eigenvalue weighted by Gasteiger charge is -2.44. The van der Waals surface area contributed by atoms with E-state index in [0.29, 0.717) is 19.7 Å². The predicted molar refractivity (Wildman–Crippen MR) is 134 cm³/mol. The number of nitrogens with zero attached hydrogens (tertiary/aromatic N) is 1. The molecule has 0 radical (unpaired) electrons. The molecule has 1 heterocycles. The second kappa shape index (κ2) is 10.8. The van der Waals surface area contributed by atoms with E-state index >= 15 is 0 Å². The van der Waals surface area contributed by atoms with Crippen molar-refractivity contribution in [3.05, 3.63) is 77.9 Å². The van der Waals surface area contributed by atoms with E-state index in [9.17, 15) is 9.59 Å². The molecule has 0 aromatic heterocycles. The second-order valence-corrected chi connectivity index (χ2v) is 9.60. The van der Waals surface area contributed by atoms with Crippen molar-refractivity contribution in [2.75, 3.05) is 39.7 Å². The number of hydrogen-bond acceptors (Lipinski definition) is 5. The molecule has 1 aliphatic heterocycles. The molecule has 2 atom stereocenters. The van der Waals surface area contributed by atoms with E-state index in [4.69, 9.17) is 9.47 Å². The minimum Gasteiger partial charge on any atom is -0.375 e. The van der Waals surface area contributed by atoms with Crippen LogP contribution in [0.15, 0.2) is 66.1 Å². The SMILES string of the molecule is C=CCO[C@H]1[C@H](NC(=O)COC)c2ccccc2C12CCN(C(=O)c1ccccc1SC)CC2. The molecular weight excluding hydrogens is 448 g/mol. The van der Waals surface area contributed by atoms with Crippen LogP contribution in [-0.2, 0) is 19.7 Å². The number of thioether (sulfide) groups is 1. The average molecular weight is 481 g/mol. The van der Waals surface area contributed by atoms with Crippen molar-refractivity contribution in [2.24, 2.45) is 0 Å². The van der Waals surface area contributed by atoms with Crippen molar-refractivity contribution in [3.63, 3.8) is 0 Å². The molecule has 1 spiro atoms. The van der Waals surface area contributed by atoms with Crippen molar-refractivity contribution in [2.45, 2.75) is 35.3 Å². The molecule has 34 heavy (non-hydrogen) atoms. The lowest BCUT2D eigenvalue weighted by atomic mass is 9.71. The lowest BCUT2D eigenvalue weighted by Crippen LogP contribution is -2.52. The summed E-state index contributed by atoms with van der Waals surface area (Å²) in [7, 11) is 1.51. The van der Waals surface area contributed by atoms with Gasteiger partial charge in [0, 0.05) is 30.5 Å². The Balaban J connectivity index is 1.62. The minimum absolute atomic E-state index is 0.00300. The molecule has 1 aliphatic carbocycles. The fourth-order valence-corrected chi connectivity index (χ4v) is 6.03. The summed E-state index contributed by atoms with van der Waals surface area (Å²) in [5, 5.41) is 3.13. The molecule has 2 aliphatic rings. The van der Waals surface area contributed by atoms with Crippen LogP contribution in [0.4, 0.5) is 0 Å². The third-order valence-electron chi connectivity index (χ3n) is 6.95. The summed E-state index contributed by atoms with van der Waals surface area (Å²) < 4.78 is 11.4. The number of fused-ring (bicyclic) bond motifs is 2. The standard InChI is InChI=1S/C27H32N2O4S/c1-4-17-33-25-24(28-23(30)18-32-2)19-9-5-7-11-21(19)27(25)13-15-29(16-14-27)26(31)20-10-6-8-12-22(20)34-3/h4-12,24-25H,1,13-18H2,2-3H3,(H,28,30)/t24-,25+/m1/s1. The van der Waals surface area contributed by atoms with E-state index < -0.39 is 0 Å². The van der Waals surface area contributed by atoms with Gasteiger partial charge in [0.25, 0.3) is 5.91 Å². The first kappa shape index (κ1) is 24.5. The molecule has 2 amide bonds. The van der Waals surface area contributed by atoms with Crippen LogP contribution < -0.4 is 5.32 Å². The Labute approximate surface area is 205 Å². The van der Waals surface area contributed by atoms with E-state index in [2.05, 4.69) is 24.0 Å². The summed E-state index contributed by atoms with van der Waals surface area (Å²) in [5.74, 6) is -0.104. The van der Waals surface area contributed by atoms with Crippen LogP contribution in [0.5, 0.6) is 0 Å². The molecule has 2 aromatic carbocycles. The van der Waals surface area contributed by atoms with E-state index in [1.165, 1.54) is 12.7 Å². The van der Waals surface area contributed by atoms with Gasteiger partial charge in [-0.15, -0.1) is 18.3 Å². The normalized spacial score (nSPS) is 20.7. The van der Waals surface area contributed by atoms with E-state index in [-0.39, 0.29) is 36.0 Å². The van der Waals surface area contributed by atoms with Crippen LogP contribution in [0.25, 0.3) is 0 Å². The monoisotopic (exact) mass is 480 g/mol. The summed E-state index contributed by atoms with van der Waals surface area (Å²) in [6, 6.07) is 15.7. The number of piperidine rings is 1. The number of carbonyl (C=O) groups excluding carboxylic acids is 2. The summed E-state index contributed by atoms with van der Waals surface area (Å²) in [5.41, 5.74) is 2.74. The maximum Gasteiger partial charge on any atom is 0.254 e. The zero-order valence-electron chi connectivity index (χ0n) is 19.8. The highest BCUT2D eigenvalue weighted by Gasteiger charge is 2.54. The fourth-order valence-electron chi connectivity index (χ4n) is 5.44. The number of methoxy groups -OCH3 is 1. The Morgan fingerprint density at radius 1 is 1.18 bits per heavy atom. The zero-order valence-corrected chi connectivity index (χ0v) is 20.6. The number of rotatable bonds is 8. The number of benzene rings is 2. The third kappa shape index (κ3) is 4.52. The van der Waals surface area contributed by atoms with E-state index in [1.54, 1.807) is 17.8 Å². The van der Waals surface area contributed by atoms with Gasteiger partial charge in [-0.2, -0.15) is 0 Å². The smallest absolute Gasteiger partial charge is 0.254 e. The first-order valence-corrected chi connectivity index (χ1v) is 12.8. The van der Waals surface area contributed by atoms with Crippen molar-refractivity contribution in [1.82, 2.24) is 10.2 Å². The van der Waals surface area contributed by atoms with Gasteiger partial charge in [-0.1, -0.05) is 42.5 Å². The van der Waals surface area contributed by atoms with Gasteiger partial charge < -0.3 is 19.7 Å². The summed E-state index contributed by atoms with van der Waals surface area (Å²) in [6.07, 6.45) is 5.00. The minimum atomic E-state index is -0.291. The van der Waals surface area contributed by atoms with Crippen LogP contribution in [0.2, 0.25) is 0 Å². The highest BCUT2D eigenvalue weighted by atomic mass is 32.2. The molecule has 1 saturated heterocycles. The number of ether oxygens (including phenoxy) is 2. The molecule has 0 unspecified atom stereocenters. The van der Waals surface area contributed by atoms with Gasteiger partial charge in [0.1, 0.15) is 6.61 Å². The molecule has 4 rings (SSSR count). The van der Waals surface area contributed by atoms with Crippen LogP contribution in [0, 0.1) is 0 Å². The van der Waals surface area contributed by atoms with Gasteiger partial charge in [0.05, 0.1) is 24.3 Å². The Morgan fingerprint density at radius 3 is 2.59 bits per heavy atom. The van der Waals surface area contributed by atoms with E-state index in [0.717, 1.165) is 28.9 Å². The molecule has 0 saturated carbocycles. The molecular formula is C27H32N2O4S. The molecule has 1 fully saturated rings. The van der Waals surface area contributed by atoms with Gasteiger partial charge >= 0.3 is 0 Å². The first-order valence-electron chi connectivity index (χ1n) is 11.6. The Morgan fingerprint density at radius 2 is 1.88 bits per heavy atom. The lowest BCUT2D eigenvalue weighted by molar-refractivity contribution is -0.127. The summed E-state index contributed by atoms with van der Waals surface area (Å²) >= 11 is 1.59. The molecule has 2 aromatic rings. The van der Waals surface area contributed by atoms with Crippen molar-refractivity contribution in [3.8, 4) is 0 Å². The second-order valence-electron chi connectivity index (χ2n) is 8.76.